The van der Waals surface area contributed by atoms with E-state index >= 15 is 0 Å². The lowest BCUT2D eigenvalue weighted by molar-refractivity contribution is 0.0996. The second-order valence-corrected chi connectivity index (χ2v) is 9.06. The largest absolute Gasteiger partial charge is 0.459 e. The zero-order chi connectivity index (χ0) is 20.4. The van der Waals surface area contributed by atoms with Crippen LogP contribution in [0.3, 0.4) is 0 Å². The second-order valence-electron chi connectivity index (χ2n) is 7.37. The van der Waals surface area contributed by atoms with Crippen LogP contribution in [0.2, 0.25) is 5.02 Å². The number of likely N-dealkylation sites (N-methyl/N-ethyl adjacent to an activating group) is 1. The Kier molecular flexibility index (Phi) is 6.06. The first kappa shape index (κ1) is 20.2. The van der Waals surface area contributed by atoms with Crippen LogP contribution in [-0.4, -0.2) is 48.9 Å². The fraction of sp³-hybridized carbons (Fsp3) is 0.318. The van der Waals surface area contributed by atoms with Crippen molar-refractivity contribution >= 4 is 33.8 Å². The zero-order valence-electron chi connectivity index (χ0n) is 16.5. The minimum absolute atomic E-state index is 0.0535. The van der Waals surface area contributed by atoms with Crippen molar-refractivity contribution in [3.63, 3.8) is 0 Å². The van der Waals surface area contributed by atoms with Gasteiger partial charge in [0.15, 0.2) is 5.76 Å². The fourth-order valence-corrected chi connectivity index (χ4v) is 4.79. The minimum atomic E-state index is -0.230. The number of nitrogens with zero attached hydrogens (tertiary/aromatic N) is 2. The van der Waals surface area contributed by atoms with Crippen molar-refractivity contribution in [3.05, 3.63) is 75.5 Å². The van der Waals surface area contributed by atoms with Crippen LogP contribution in [0.25, 0.3) is 0 Å². The predicted octanol–water partition coefficient (Wildman–Crippen LogP) is 4.89. The number of furan rings is 1. The van der Waals surface area contributed by atoms with E-state index in [4.69, 9.17) is 16.0 Å². The lowest BCUT2D eigenvalue weighted by atomic mass is 9.97. The van der Waals surface area contributed by atoms with Crippen molar-refractivity contribution in [1.82, 2.24) is 9.80 Å². The van der Waals surface area contributed by atoms with E-state index in [9.17, 15) is 4.79 Å². The van der Waals surface area contributed by atoms with E-state index in [1.54, 1.807) is 23.5 Å². The third-order valence-electron chi connectivity index (χ3n) is 5.24. The molecule has 1 unspecified atom stereocenters. The highest BCUT2D eigenvalue weighted by Crippen LogP contribution is 2.39. The number of piperazine rings is 1. The number of thiophene rings is 1. The van der Waals surface area contributed by atoms with Gasteiger partial charge in [-0.2, -0.15) is 0 Å². The van der Waals surface area contributed by atoms with Crippen LogP contribution in [0.4, 0.5) is 5.00 Å². The molecule has 1 aliphatic rings. The van der Waals surface area contributed by atoms with Crippen LogP contribution in [0, 0.1) is 6.92 Å². The first-order valence-electron chi connectivity index (χ1n) is 9.64. The number of aryl methyl sites for hydroxylation is 1. The number of anilines is 1. The maximum Gasteiger partial charge on any atom is 0.291 e. The van der Waals surface area contributed by atoms with E-state index in [-0.39, 0.29) is 11.9 Å². The predicted molar refractivity (Wildman–Crippen MR) is 118 cm³/mol. The van der Waals surface area contributed by atoms with Crippen LogP contribution in [0.15, 0.2) is 53.1 Å². The number of rotatable bonds is 5. The Labute approximate surface area is 179 Å². The lowest BCUT2D eigenvalue weighted by Gasteiger charge is -2.38. The molecule has 0 saturated carbocycles. The number of hydrogen-bond donors (Lipinski definition) is 1. The maximum absolute atomic E-state index is 12.6. The van der Waals surface area contributed by atoms with Gasteiger partial charge < -0.3 is 14.6 Å². The number of benzene rings is 1. The summed E-state index contributed by atoms with van der Waals surface area (Å²) in [4.78, 5) is 18.6. The average molecular weight is 430 g/mol. The van der Waals surface area contributed by atoms with Gasteiger partial charge in [0.2, 0.25) is 0 Å². The zero-order valence-corrected chi connectivity index (χ0v) is 18.1. The molecule has 0 bridgehead atoms. The molecular weight excluding hydrogens is 406 g/mol. The molecule has 0 radical (unpaired) electrons. The Bertz CT molecular complexity index is 961. The quantitative estimate of drug-likeness (QED) is 0.627. The molecule has 0 spiro atoms. The SMILES string of the molecule is Cc1cc(C(c2ccc(Cl)cc2)N2CCN(C)CC2)c(NC(=O)c2ccco2)s1. The molecule has 3 heterocycles. The molecule has 7 heteroatoms. The van der Waals surface area contributed by atoms with Gasteiger partial charge in [0.25, 0.3) is 5.91 Å². The number of carbonyl (C=O) groups excluding carboxylic acids is 1. The van der Waals surface area contributed by atoms with E-state index in [1.807, 2.05) is 12.1 Å². The van der Waals surface area contributed by atoms with Crippen molar-refractivity contribution in [2.45, 2.75) is 13.0 Å². The first-order valence-corrected chi connectivity index (χ1v) is 10.8. The molecule has 3 aromatic rings. The Morgan fingerprint density at radius 2 is 1.90 bits per heavy atom. The summed E-state index contributed by atoms with van der Waals surface area (Å²) in [5.74, 6) is 0.0796. The van der Waals surface area contributed by atoms with Gasteiger partial charge in [-0.25, -0.2) is 0 Å². The van der Waals surface area contributed by atoms with Gasteiger partial charge in [0, 0.05) is 41.6 Å². The first-order chi connectivity index (χ1) is 14.0. The molecule has 1 amide bonds. The van der Waals surface area contributed by atoms with Gasteiger partial charge in [-0.3, -0.25) is 9.69 Å². The lowest BCUT2D eigenvalue weighted by Crippen LogP contribution is -2.46. The van der Waals surface area contributed by atoms with E-state index in [1.165, 1.54) is 11.8 Å². The van der Waals surface area contributed by atoms with E-state index in [2.05, 4.69) is 47.3 Å². The third-order valence-corrected chi connectivity index (χ3v) is 6.47. The number of carbonyl (C=O) groups is 1. The highest BCUT2D eigenvalue weighted by Gasteiger charge is 2.29. The summed E-state index contributed by atoms with van der Waals surface area (Å²) in [5.41, 5.74) is 2.28. The molecule has 1 fully saturated rings. The van der Waals surface area contributed by atoms with Crippen molar-refractivity contribution < 1.29 is 9.21 Å². The smallest absolute Gasteiger partial charge is 0.291 e. The van der Waals surface area contributed by atoms with E-state index in [0.29, 0.717) is 5.76 Å². The van der Waals surface area contributed by atoms with Crippen molar-refractivity contribution in [3.8, 4) is 0 Å². The molecule has 1 saturated heterocycles. The van der Waals surface area contributed by atoms with Gasteiger partial charge in [-0.05, 0) is 49.9 Å². The van der Waals surface area contributed by atoms with Crippen LogP contribution >= 0.6 is 22.9 Å². The Morgan fingerprint density at radius 3 is 2.55 bits per heavy atom. The summed E-state index contributed by atoms with van der Waals surface area (Å²) < 4.78 is 5.26. The number of amides is 1. The summed E-state index contributed by atoms with van der Waals surface area (Å²) in [6.07, 6.45) is 1.51. The number of nitrogens with one attached hydrogen (secondary N) is 1. The minimum Gasteiger partial charge on any atom is -0.459 e. The molecule has 1 aromatic carbocycles. The molecule has 4 rings (SSSR count). The van der Waals surface area contributed by atoms with Gasteiger partial charge in [0.1, 0.15) is 5.00 Å². The van der Waals surface area contributed by atoms with Crippen LogP contribution in [-0.2, 0) is 0 Å². The van der Waals surface area contributed by atoms with Crippen molar-refractivity contribution in [1.29, 1.82) is 0 Å². The van der Waals surface area contributed by atoms with E-state index < -0.39 is 0 Å². The van der Waals surface area contributed by atoms with Gasteiger partial charge in [-0.15, -0.1) is 11.3 Å². The molecular formula is C22H24ClN3O2S. The Balaban J connectivity index is 1.70. The second kappa shape index (κ2) is 8.71. The summed E-state index contributed by atoms with van der Waals surface area (Å²) in [6, 6.07) is 13.6. The molecule has 1 N–H and O–H groups in total. The topological polar surface area (TPSA) is 48.7 Å². The van der Waals surface area contributed by atoms with Crippen molar-refractivity contribution in [2.75, 3.05) is 38.5 Å². The normalized spacial score (nSPS) is 16.7. The summed E-state index contributed by atoms with van der Waals surface area (Å²) in [7, 11) is 2.15. The van der Waals surface area contributed by atoms with Crippen molar-refractivity contribution in [2.24, 2.45) is 0 Å². The third kappa shape index (κ3) is 4.56. The van der Waals surface area contributed by atoms with Crippen LogP contribution < -0.4 is 5.32 Å². The summed E-state index contributed by atoms with van der Waals surface area (Å²) in [6.45, 7) is 6.02. The molecule has 29 heavy (non-hydrogen) atoms. The number of halogens is 1. The average Bonchev–Trinajstić information content (AvgIpc) is 3.35. The van der Waals surface area contributed by atoms with E-state index in [0.717, 1.165) is 46.6 Å². The molecule has 0 aliphatic carbocycles. The monoisotopic (exact) mass is 429 g/mol. The highest BCUT2D eigenvalue weighted by atomic mass is 35.5. The van der Waals surface area contributed by atoms with Gasteiger partial charge in [0.05, 0.1) is 12.3 Å². The van der Waals surface area contributed by atoms with Gasteiger partial charge >= 0.3 is 0 Å². The van der Waals surface area contributed by atoms with Gasteiger partial charge in [-0.1, -0.05) is 23.7 Å². The summed E-state index contributed by atoms with van der Waals surface area (Å²) in [5, 5.41) is 4.65. The molecule has 152 valence electrons. The molecule has 2 aromatic heterocycles. The van der Waals surface area contributed by atoms with Crippen LogP contribution in [0.5, 0.6) is 0 Å². The molecule has 5 nitrogen and oxygen atoms in total. The Hall–Kier alpha value is -2.12. The molecule has 1 aliphatic heterocycles. The Morgan fingerprint density at radius 1 is 1.17 bits per heavy atom. The summed E-state index contributed by atoms with van der Waals surface area (Å²) >= 11 is 7.74. The standard InChI is InChI=1S/C22H24ClN3O2S/c1-15-14-18(22(29-15)24-21(27)19-4-3-13-28-19)20(16-5-7-17(23)8-6-16)26-11-9-25(2)10-12-26/h3-8,13-14,20H,9-12H2,1-2H3,(H,24,27). The fourth-order valence-electron chi connectivity index (χ4n) is 3.72. The number of hydrogen-bond acceptors (Lipinski definition) is 5. The maximum atomic E-state index is 12.6. The van der Waals surface area contributed by atoms with Crippen LogP contribution in [0.1, 0.15) is 32.6 Å². The molecule has 1 atom stereocenters. The highest BCUT2D eigenvalue weighted by molar-refractivity contribution is 7.16.